The third-order valence-corrected chi connectivity index (χ3v) is 3.31. The van der Waals surface area contributed by atoms with Crippen LogP contribution in [0.1, 0.15) is 25.3 Å². The topological polar surface area (TPSA) is 79.2 Å². The minimum absolute atomic E-state index is 0.0440. The smallest absolute Gasteiger partial charge is 0.315 e. The highest BCUT2D eigenvalue weighted by Crippen LogP contribution is 2.09. The Morgan fingerprint density at radius 2 is 2.27 bits per heavy atom. The highest BCUT2D eigenvalue weighted by Gasteiger charge is 2.06. The van der Waals surface area contributed by atoms with E-state index >= 15 is 0 Å². The standard InChI is InChI=1S/C16H22N4O2/c1-13(5-3-10-21)19-16(22)17-12-14-6-2-7-15(11-14)20-9-4-8-18-20/h2,4,6-9,11,13,21H,3,5,10,12H2,1H3,(H2,17,19,22). The number of nitrogens with one attached hydrogen (secondary N) is 2. The SMILES string of the molecule is CC(CCCO)NC(=O)NCc1cccc(-n2cccn2)c1. The molecular weight excluding hydrogens is 280 g/mol. The molecule has 1 aromatic carbocycles. The summed E-state index contributed by atoms with van der Waals surface area (Å²) in [4.78, 5) is 11.8. The minimum atomic E-state index is -0.199. The first-order valence-corrected chi connectivity index (χ1v) is 7.43. The zero-order valence-electron chi connectivity index (χ0n) is 12.7. The molecule has 118 valence electrons. The summed E-state index contributed by atoms with van der Waals surface area (Å²) < 4.78 is 1.78. The summed E-state index contributed by atoms with van der Waals surface area (Å²) in [5, 5.41) is 18.6. The Morgan fingerprint density at radius 3 is 3.00 bits per heavy atom. The van der Waals surface area contributed by atoms with Crippen molar-refractivity contribution < 1.29 is 9.90 Å². The van der Waals surface area contributed by atoms with Crippen LogP contribution in [0.3, 0.4) is 0 Å². The van der Waals surface area contributed by atoms with Crippen molar-refractivity contribution in [1.82, 2.24) is 20.4 Å². The van der Waals surface area contributed by atoms with E-state index in [9.17, 15) is 4.79 Å². The average molecular weight is 302 g/mol. The fraction of sp³-hybridized carbons (Fsp3) is 0.375. The minimum Gasteiger partial charge on any atom is -0.396 e. The van der Waals surface area contributed by atoms with E-state index in [1.807, 2.05) is 43.5 Å². The second kappa shape index (κ2) is 8.19. The zero-order valence-corrected chi connectivity index (χ0v) is 12.7. The Bertz CT molecular complexity index is 584. The summed E-state index contributed by atoms with van der Waals surface area (Å²) in [7, 11) is 0. The maximum atomic E-state index is 11.8. The summed E-state index contributed by atoms with van der Waals surface area (Å²) in [6.07, 6.45) is 5.06. The highest BCUT2D eigenvalue weighted by atomic mass is 16.3. The molecule has 0 radical (unpaired) electrons. The third-order valence-electron chi connectivity index (χ3n) is 3.31. The number of aromatic nitrogens is 2. The molecule has 2 aromatic rings. The Kier molecular flexibility index (Phi) is 5.97. The van der Waals surface area contributed by atoms with Crippen LogP contribution in [0.5, 0.6) is 0 Å². The van der Waals surface area contributed by atoms with E-state index in [4.69, 9.17) is 5.11 Å². The van der Waals surface area contributed by atoms with Crippen LogP contribution < -0.4 is 10.6 Å². The summed E-state index contributed by atoms with van der Waals surface area (Å²) in [5.41, 5.74) is 1.96. The normalized spacial score (nSPS) is 11.9. The fourth-order valence-electron chi connectivity index (χ4n) is 2.16. The molecule has 6 heteroatoms. The van der Waals surface area contributed by atoms with E-state index in [1.165, 1.54) is 0 Å². The summed E-state index contributed by atoms with van der Waals surface area (Å²) in [6.45, 7) is 2.52. The van der Waals surface area contributed by atoms with Gasteiger partial charge in [0.25, 0.3) is 0 Å². The second-order valence-electron chi connectivity index (χ2n) is 5.21. The molecule has 6 nitrogen and oxygen atoms in total. The van der Waals surface area contributed by atoms with E-state index in [-0.39, 0.29) is 18.7 Å². The van der Waals surface area contributed by atoms with Crippen LogP contribution in [0, 0.1) is 0 Å². The van der Waals surface area contributed by atoms with Crippen molar-refractivity contribution in [2.45, 2.75) is 32.4 Å². The first kappa shape index (κ1) is 16.0. The van der Waals surface area contributed by atoms with E-state index < -0.39 is 0 Å². The summed E-state index contributed by atoms with van der Waals surface area (Å²) >= 11 is 0. The Labute approximate surface area is 130 Å². The molecule has 0 bridgehead atoms. The number of amides is 2. The predicted octanol–water partition coefficient (Wildman–Crippen LogP) is 1.83. The van der Waals surface area contributed by atoms with Gasteiger partial charge in [0.05, 0.1) is 5.69 Å². The third kappa shape index (κ3) is 4.89. The van der Waals surface area contributed by atoms with Gasteiger partial charge in [0.1, 0.15) is 0 Å². The van der Waals surface area contributed by atoms with Gasteiger partial charge in [0.2, 0.25) is 0 Å². The van der Waals surface area contributed by atoms with Gasteiger partial charge >= 0.3 is 6.03 Å². The first-order valence-electron chi connectivity index (χ1n) is 7.43. The van der Waals surface area contributed by atoms with Gasteiger partial charge < -0.3 is 15.7 Å². The van der Waals surface area contributed by atoms with Crippen molar-refractivity contribution in [3.63, 3.8) is 0 Å². The van der Waals surface area contributed by atoms with E-state index in [0.717, 1.165) is 17.7 Å². The molecule has 22 heavy (non-hydrogen) atoms. The van der Waals surface area contributed by atoms with E-state index in [0.29, 0.717) is 13.0 Å². The molecule has 0 fully saturated rings. The molecule has 2 amide bonds. The van der Waals surface area contributed by atoms with Crippen LogP contribution in [-0.4, -0.2) is 33.6 Å². The number of urea groups is 1. The number of benzene rings is 1. The first-order chi connectivity index (χ1) is 10.7. The quantitative estimate of drug-likeness (QED) is 0.730. The van der Waals surface area contributed by atoms with Crippen molar-refractivity contribution in [2.75, 3.05) is 6.61 Å². The van der Waals surface area contributed by atoms with Gasteiger partial charge in [0.15, 0.2) is 0 Å². The van der Waals surface area contributed by atoms with Crippen LogP contribution in [0.2, 0.25) is 0 Å². The number of carbonyl (C=O) groups excluding carboxylic acids is 1. The maximum absolute atomic E-state index is 11.8. The molecule has 0 aliphatic carbocycles. The number of aliphatic hydroxyl groups is 1. The molecule has 1 atom stereocenters. The molecule has 0 saturated heterocycles. The van der Waals surface area contributed by atoms with Crippen molar-refractivity contribution in [1.29, 1.82) is 0 Å². The van der Waals surface area contributed by atoms with Crippen molar-refractivity contribution in [2.24, 2.45) is 0 Å². The van der Waals surface area contributed by atoms with Crippen LogP contribution in [0.25, 0.3) is 5.69 Å². The number of aliphatic hydroxyl groups excluding tert-OH is 1. The molecule has 0 aliphatic rings. The molecule has 0 saturated carbocycles. The second-order valence-corrected chi connectivity index (χ2v) is 5.21. The number of nitrogens with zero attached hydrogens (tertiary/aromatic N) is 2. The molecule has 0 spiro atoms. The lowest BCUT2D eigenvalue weighted by Crippen LogP contribution is -2.40. The molecular formula is C16H22N4O2. The van der Waals surface area contributed by atoms with Gasteiger partial charge in [-0.15, -0.1) is 0 Å². The molecule has 1 aromatic heterocycles. The van der Waals surface area contributed by atoms with Crippen LogP contribution >= 0.6 is 0 Å². The number of carbonyl (C=O) groups is 1. The lowest BCUT2D eigenvalue weighted by atomic mass is 10.2. The fourth-order valence-corrected chi connectivity index (χ4v) is 2.16. The van der Waals surface area contributed by atoms with Gasteiger partial charge in [-0.25, -0.2) is 9.48 Å². The lowest BCUT2D eigenvalue weighted by Gasteiger charge is -2.14. The molecule has 3 N–H and O–H groups in total. The maximum Gasteiger partial charge on any atom is 0.315 e. The van der Waals surface area contributed by atoms with Gasteiger partial charge in [-0.05, 0) is 43.5 Å². The Hall–Kier alpha value is -2.34. The Balaban J connectivity index is 1.84. The van der Waals surface area contributed by atoms with Crippen molar-refractivity contribution >= 4 is 6.03 Å². The van der Waals surface area contributed by atoms with Gasteiger partial charge in [0, 0.05) is 31.6 Å². The van der Waals surface area contributed by atoms with Gasteiger partial charge in [-0.3, -0.25) is 0 Å². The molecule has 1 heterocycles. The average Bonchev–Trinajstić information content (AvgIpc) is 3.06. The van der Waals surface area contributed by atoms with Crippen molar-refractivity contribution in [3.8, 4) is 5.69 Å². The van der Waals surface area contributed by atoms with E-state index in [1.54, 1.807) is 10.9 Å². The van der Waals surface area contributed by atoms with Crippen LogP contribution in [-0.2, 0) is 6.54 Å². The lowest BCUT2D eigenvalue weighted by molar-refractivity contribution is 0.234. The number of hydrogen-bond donors (Lipinski definition) is 3. The van der Waals surface area contributed by atoms with Gasteiger partial charge in [-0.2, -0.15) is 5.10 Å². The monoisotopic (exact) mass is 302 g/mol. The number of rotatable bonds is 7. The van der Waals surface area contributed by atoms with Crippen LogP contribution in [0.4, 0.5) is 4.79 Å². The Morgan fingerprint density at radius 1 is 1.41 bits per heavy atom. The largest absolute Gasteiger partial charge is 0.396 e. The summed E-state index contributed by atoms with van der Waals surface area (Å²) in [6, 6.07) is 9.57. The highest BCUT2D eigenvalue weighted by molar-refractivity contribution is 5.74. The number of hydrogen-bond acceptors (Lipinski definition) is 3. The van der Waals surface area contributed by atoms with Crippen LogP contribution in [0.15, 0.2) is 42.7 Å². The summed E-state index contributed by atoms with van der Waals surface area (Å²) in [5.74, 6) is 0. The predicted molar refractivity (Wildman–Crippen MR) is 84.7 cm³/mol. The zero-order chi connectivity index (χ0) is 15.8. The van der Waals surface area contributed by atoms with Gasteiger partial charge in [-0.1, -0.05) is 12.1 Å². The molecule has 1 unspecified atom stereocenters. The molecule has 0 aliphatic heterocycles. The van der Waals surface area contributed by atoms with E-state index in [2.05, 4.69) is 15.7 Å². The van der Waals surface area contributed by atoms with Crippen molar-refractivity contribution in [3.05, 3.63) is 48.3 Å². The molecule has 2 rings (SSSR count).